The van der Waals surface area contributed by atoms with Crippen LogP contribution in [0.25, 0.3) is 0 Å². The Balaban J connectivity index is 2.27. The third-order valence-corrected chi connectivity index (χ3v) is 5.43. The molecule has 4 nitrogen and oxygen atoms in total. The maximum absolute atomic E-state index is 11.7. The van der Waals surface area contributed by atoms with Crippen LogP contribution in [0.1, 0.15) is 26.7 Å². The van der Waals surface area contributed by atoms with Gasteiger partial charge in [0, 0.05) is 12.3 Å². The van der Waals surface area contributed by atoms with Crippen molar-refractivity contribution in [3.05, 3.63) is 18.2 Å². The number of rotatable bonds is 3. The van der Waals surface area contributed by atoms with Crippen molar-refractivity contribution in [3.8, 4) is 0 Å². The smallest absolute Gasteiger partial charge is 0.177 e. The maximum atomic E-state index is 11.7. The van der Waals surface area contributed by atoms with Crippen LogP contribution in [0.2, 0.25) is 0 Å². The second-order valence-corrected chi connectivity index (χ2v) is 7.64. The van der Waals surface area contributed by atoms with Crippen molar-refractivity contribution >= 4 is 21.2 Å². The fraction of sp³-hybridized carbons (Fsp3) is 0.571. The van der Waals surface area contributed by atoms with E-state index < -0.39 is 9.84 Å². The van der Waals surface area contributed by atoms with Crippen LogP contribution < -0.4 is 11.1 Å². The highest BCUT2D eigenvalue weighted by molar-refractivity contribution is 7.90. The summed E-state index contributed by atoms with van der Waals surface area (Å²) >= 11 is 0. The number of hydrogen-bond acceptors (Lipinski definition) is 4. The van der Waals surface area contributed by atoms with Crippen LogP contribution in [-0.2, 0) is 9.84 Å². The summed E-state index contributed by atoms with van der Waals surface area (Å²) in [5.41, 5.74) is 7.05. The lowest BCUT2D eigenvalue weighted by Crippen LogP contribution is -2.24. The lowest BCUT2D eigenvalue weighted by Gasteiger charge is -2.22. The minimum atomic E-state index is -3.28. The van der Waals surface area contributed by atoms with Crippen LogP contribution in [0, 0.1) is 11.8 Å². The molecule has 0 spiro atoms. The Morgan fingerprint density at radius 2 is 1.95 bits per heavy atom. The SMILES string of the molecule is CC1CCC(Nc2cccc(S(C)(=O)=O)c2N)C1C. The Morgan fingerprint density at radius 1 is 1.26 bits per heavy atom. The van der Waals surface area contributed by atoms with Crippen molar-refractivity contribution in [2.75, 3.05) is 17.3 Å². The van der Waals surface area contributed by atoms with Crippen LogP contribution in [-0.4, -0.2) is 20.7 Å². The predicted octanol–water partition coefficient (Wildman–Crippen LogP) is 2.52. The Bertz CT molecular complexity index is 569. The molecule has 106 valence electrons. The van der Waals surface area contributed by atoms with Gasteiger partial charge in [-0.25, -0.2) is 8.42 Å². The third-order valence-electron chi connectivity index (χ3n) is 4.27. The highest BCUT2D eigenvalue weighted by Crippen LogP contribution is 2.35. The molecule has 3 unspecified atom stereocenters. The largest absolute Gasteiger partial charge is 0.396 e. The summed E-state index contributed by atoms with van der Waals surface area (Å²) in [5, 5.41) is 3.41. The van der Waals surface area contributed by atoms with Gasteiger partial charge in [-0.1, -0.05) is 19.9 Å². The fourth-order valence-electron chi connectivity index (χ4n) is 2.76. The van der Waals surface area contributed by atoms with E-state index in [0.717, 1.165) is 12.1 Å². The monoisotopic (exact) mass is 282 g/mol. The zero-order valence-corrected chi connectivity index (χ0v) is 12.5. The van der Waals surface area contributed by atoms with Crippen molar-refractivity contribution in [3.63, 3.8) is 0 Å². The van der Waals surface area contributed by atoms with E-state index in [-0.39, 0.29) is 4.90 Å². The minimum Gasteiger partial charge on any atom is -0.396 e. The number of nitrogen functional groups attached to an aromatic ring is 1. The van der Waals surface area contributed by atoms with E-state index in [2.05, 4.69) is 19.2 Å². The lowest BCUT2D eigenvalue weighted by molar-refractivity contribution is 0.435. The number of para-hydroxylation sites is 1. The molecule has 0 aromatic heterocycles. The van der Waals surface area contributed by atoms with Crippen LogP contribution in [0.15, 0.2) is 23.1 Å². The zero-order valence-electron chi connectivity index (χ0n) is 11.7. The van der Waals surface area contributed by atoms with Gasteiger partial charge >= 0.3 is 0 Å². The van der Waals surface area contributed by atoms with Crippen LogP contribution in [0.5, 0.6) is 0 Å². The van der Waals surface area contributed by atoms with E-state index in [9.17, 15) is 8.42 Å². The second kappa shape index (κ2) is 5.04. The van der Waals surface area contributed by atoms with Crippen LogP contribution in [0.4, 0.5) is 11.4 Å². The molecule has 1 saturated carbocycles. The molecule has 0 bridgehead atoms. The summed E-state index contributed by atoms with van der Waals surface area (Å²) in [6, 6.07) is 5.50. The number of anilines is 2. The predicted molar refractivity (Wildman–Crippen MR) is 78.9 cm³/mol. The first-order valence-electron chi connectivity index (χ1n) is 6.65. The topological polar surface area (TPSA) is 72.2 Å². The quantitative estimate of drug-likeness (QED) is 0.836. The molecule has 1 aliphatic carbocycles. The molecule has 1 aromatic rings. The van der Waals surface area contributed by atoms with E-state index in [1.807, 2.05) is 6.07 Å². The average molecular weight is 282 g/mol. The van der Waals surface area contributed by atoms with Crippen molar-refractivity contribution in [2.24, 2.45) is 11.8 Å². The Hall–Kier alpha value is -1.23. The summed E-state index contributed by atoms with van der Waals surface area (Å²) in [5.74, 6) is 1.26. The van der Waals surface area contributed by atoms with Gasteiger partial charge in [-0.05, 0) is 36.8 Å². The summed E-state index contributed by atoms with van der Waals surface area (Å²) in [4.78, 5) is 0.205. The summed E-state index contributed by atoms with van der Waals surface area (Å²) in [7, 11) is -3.28. The molecule has 3 atom stereocenters. The van der Waals surface area contributed by atoms with E-state index in [4.69, 9.17) is 5.73 Å². The molecule has 5 heteroatoms. The molecule has 3 N–H and O–H groups in total. The molecule has 19 heavy (non-hydrogen) atoms. The molecule has 1 fully saturated rings. The van der Waals surface area contributed by atoms with E-state index >= 15 is 0 Å². The summed E-state index contributed by atoms with van der Waals surface area (Å²) < 4.78 is 23.3. The van der Waals surface area contributed by atoms with Crippen molar-refractivity contribution < 1.29 is 8.42 Å². The molecular weight excluding hydrogens is 260 g/mol. The van der Waals surface area contributed by atoms with Gasteiger partial charge in [0.25, 0.3) is 0 Å². The van der Waals surface area contributed by atoms with Crippen molar-refractivity contribution in [2.45, 2.75) is 37.6 Å². The minimum absolute atomic E-state index is 0.205. The molecule has 0 radical (unpaired) electrons. The Morgan fingerprint density at radius 3 is 2.47 bits per heavy atom. The van der Waals surface area contributed by atoms with Crippen molar-refractivity contribution in [1.82, 2.24) is 0 Å². The van der Waals surface area contributed by atoms with Gasteiger partial charge < -0.3 is 11.1 Å². The lowest BCUT2D eigenvalue weighted by atomic mass is 9.97. The van der Waals surface area contributed by atoms with Gasteiger partial charge in [0.05, 0.1) is 16.3 Å². The first-order chi connectivity index (χ1) is 8.80. The number of nitrogens with one attached hydrogen (secondary N) is 1. The van der Waals surface area contributed by atoms with Gasteiger partial charge in [-0.3, -0.25) is 0 Å². The number of benzene rings is 1. The molecule has 0 heterocycles. The fourth-order valence-corrected chi connectivity index (χ4v) is 3.60. The molecule has 1 aromatic carbocycles. The van der Waals surface area contributed by atoms with Gasteiger partial charge in [0.1, 0.15) is 0 Å². The first-order valence-corrected chi connectivity index (χ1v) is 8.55. The van der Waals surface area contributed by atoms with Crippen LogP contribution >= 0.6 is 0 Å². The summed E-state index contributed by atoms with van der Waals surface area (Å²) in [6.45, 7) is 4.48. The van der Waals surface area contributed by atoms with Crippen LogP contribution in [0.3, 0.4) is 0 Å². The number of hydrogen-bond donors (Lipinski definition) is 2. The number of nitrogens with two attached hydrogens (primary N) is 1. The molecular formula is C14H22N2O2S. The van der Waals surface area contributed by atoms with E-state index in [1.54, 1.807) is 12.1 Å². The highest BCUT2D eigenvalue weighted by atomic mass is 32.2. The van der Waals surface area contributed by atoms with E-state index in [0.29, 0.717) is 23.6 Å². The summed E-state index contributed by atoms with van der Waals surface area (Å²) in [6.07, 6.45) is 3.48. The van der Waals surface area contributed by atoms with Crippen molar-refractivity contribution in [1.29, 1.82) is 0 Å². The van der Waals surface area contributed by atoms with Gasteiger partial charge in [0.2, 0.25) is 0 Å². The third kappa shape index (κ3) is 2.86. The van der Waals surface area contributed by atoms with Gasteiger partial charge in [-0.2, -0.15) is 0 Å². The molecule has 0 aliphatic heterocycles. The molecule has 0 saturated heterocycles. The first kappa shape index (κ1) is 14.2. The van der Waals surface area contributed by atoms with Gasteiger partial charge in [-0.15, -0.1) is 0 Å². The Labute approximate surface area is 115 Å². The van der Waals surface area contributed by atoms with E-state index in [1.165, 1.54) is 12.7 Å². The maximum Gasteiger partial charge on any atom is 0.177 e. The Kier molecular flexibility index (Phi) is 3.76. The highest BCUT2D eigenvalue weighted by Gasteiger charge is 2.30. The molecule has 0 amide bonds. The number of sulfone groups is 1. The van der Waals surface area contributed by atoms with Gasteiger partial charge in [0.15, 0.2) is 9.84 Å². The normalized spacial score (nSPS) is 27.4. The zero-order chi connectivity index (χ0) is 14.2. The molecule has 1 aliphatic rings. The second-order valence-electron chi connectivity index (χ2n) is 5.65. The average Bonchev–Trinajstić information content (AvgIpc) is 2.62. The standard InChI is InChI=1S/C14H22N2O2S/c1-9-7-8-11(10(9)2)16-12-5-4-6-13(14(12)15)19(3,17)18/h4-6,9-11,16H,7-8,15H2,1-3H3. The molecule has 2 rings (SSSR count).